The molecular weight excluding hydrogens is 408 g/mol. The highest BCUT2D eigenvalue weighted by atomic mass is 79.9. The summed E-state index contributed by atoms with van der Waals surface area (Å²) in [6.07, 6.45) is 0.290. The maximum atomic E-state index is 12.1. The molecule has 0 aliphatic carbocycles. The molecule has 10 nitrogen and oxygen atoms in total. The standard InChI is InChI=1S/C15H15BrN6O4/c1-22(15(25)26)7-8-2-4-9(5-3-8)13(23)20-21-14(24)11-12(17)18-6-10(16)19-11/h2-6H,7H2,1H3,(H2,17,18)(H,20,23)(H,21,24)(H,25,26). The van der Waals surface area contributed by atoms with Crippen molar-refractivity contribution in [2.75, 3.05) is 12.8 Å². The Morgan fingerprint density at radius 1 is 1.19 bits per heavy atom. The smallest absolute Gasteiger partial charge is 0.407 e. The number of hydrazine groups is 1. The van der Waals surface area contributed by atoms with Gasteiger partial charge in [-0.25, -0.2) is 14.8 Å². The van der Waals surface area contributed by atoms with Gasteiger partial charge in [-0.3, -0.25) is 20.4 Å². The lowest BCUT2D eigenvalue weighted by Gasteiger charge is -2.13. The summed E-state index contributed by atoms with van der Waals surface area (Å²) in [5.41, 5.74) is 10.9. The highest BCUT2D eigenvalue weighted by Crippen LogP contribution is 2.10. The van der Waals surface area contributed by atoms with E-state index in [1.165, 1.54) is 25.4 Å². The van der Waals surface area contributed by atoms with Crippen molar-refractivity contribution in [1.82, 2.24) is 25.7 Å². The second-order valence-corrected chi connectivity index (χ2v) is 5.98. The number of amides is 3. The molecule has 136 valence electrons. The molecular formula is C15H15BrN6O4. The molecule has 5 N–H and O–H groups in total. The van der Waals surface area contributed by atoms with Gasteiger partial charge in [0.15, 0.2) is 11.5 Å². The zero-order valence-corrected chi connectivity index (χ0v) is 15.1. The number of rotatable bonds is 4. The molecule has 1 aromatic carbocycles. The number of carboxylic acid groups (broad SMARTS) is 1. The molecule has 26 heavy (non-hydrogen) atoms. The summed E-state index contributed by atoms with van der Waals surface area (Å²) >= 11 is 3.08. The highest BCUT2D eigenvalue weighted by Gasteiger charge is 2.15. The predicted molar refractivity (Wildman–Crippen MR) is 95.0 cm³/mol. The van der Waals surface area contributed by atoms with Crippen molar-refractivity contribution in [2.45, 2.75) is 6.54 Å². The fourth-order valence-electron chi connectivity index (χ4n) is 1.89. The van der Waals surface area contributed by atoms with Gasteiger partial charge in [0.1, 0.15) is 4.60 Å². The second kappa shape index (κ2) is 8.25. The van der Waals surface area contributed by atoms with Crippen LogP contribution in [-0.4, -0.2) is 44.9 Å². The number of nitrogen functional groups attached to an aromatic ring is 1. The number of carbonyl (C=O) groups is 3. The molecule has 0 saturated heterocycles. The van der Waals surface area contributed by atoms with Gasteiger partial charge in [0.05, 0.1) is 6.20 Å². The van der Waals surface area contributed by atoms with Gasteiger partial charge >= 0.3 is 6.09 Å². The number of halogens is 1. The Kier molecular flexibility index (Phi) is 6.07. The van der Waals surface area contributed by atoms with Gasteiger partial charge in [-0.05, 0) is 33.6 Å². The predicted octanol–water partition coefficient (Wildman–Crippen LogP) is 1.01. The van der Waals surface area contributed by atoms with E-state index in [1.54, 1.807) is 12.1 Å². The fraction of sp³-hybridized carbons (Fsp3) is 0.133. The number of carbonyl (C=O) groups excluding carboxylic acids is 2. The number of nitrogens with two attached hydrogens (primary N) is 1. The van der Waals surface area contributed by atoms with E-state index in [9.17, 15) is 14.4 Å². The van der Waals surface area contributed by atoms with Crippen molar-refractivity contribution in [3.63, 3.8) is 0 Å². The normalized spacial score (nSPS) is 10.1. The van der Waals surface area contributed by atoms with Crippen molar-refractivity contribution in [2.24, 2.45) is 0 Å². The minimum Gasteiger partial charge on any atom is -0.465 e. The first-order valence-electron chi connectivity index (χ1n) is 7.19. The van der Waals surface area contributed by atoms with Gasteiger partial charge in [-0.1, -0.05) is 12.1 Å². The summed E-state index contributed by atoms with van der Waals surface area (Å²) in [4.78, 5) is 43.6. The topological polar surface area (TPSA) is 151 Å². The van der Waals surface area contributed by atoms with E-state index in [0.717, 1.165) is 4.90 Å². The number of nitrogens with zero attached hydrogens (tertiary/aromatic N) is 3. The Morgan fingerprint density at radius 2 is 1.81 bits per heavy atom. The largest absolute Gasteiger partial charge is 0.465 e. The van der Waals surface area contributed by atoms with Crippen LogP contribution in [-0.2, 0) is 6.54 Å². The zero-order valence-electron chi connectivity index (χ0n) is 13.6. The lowest BCUT2D eigenvalue weighted by Crippen LogP contribution is -2.42. The minimum atomic E-state index is -1.05. The first kappa shape index (κ1) is 19.1. The Balaban J connectivity index is 1.96. The van der Waals surface area contributed by atoms with E-state index in [1.807, 2.05) is 0 Å². The molecule has 11 heteroatoms. The molecule has 0 saturated carbocycles. The van der Waals surface area contributed by atoms with Gasteiger partial charge in [0.2, 0.25) is 0 Å². The van der Waals surface area contributed by atoms with Crippen molar-refractivity contribution < 1.29 is 19.5 Å². The third-order valence-electron chi connectivity index (χ3n) is 3.24. The summed E-state index contributed by atoms with van der Waals surface area (Å²) in [6, 6.07) is 6.27. The molecule has 0 unspecified atom stereocenters. The first-order chi connectivity index (χ1) is 12.3. The van der Waals surface area contributed by atoms with Crippen LogP contribution in [0.25, 0.3) is 0 Å². The molecule has 0 spiro atoms. The third kappa shape index (κ3) is 4.89. The molecule has 0 bridgehead atoms. The fourth-order valence-corrected chi connectivity index (χ4v) is 2.17. The Labute approximate surface area is 156 Å². The quantitative estimate of drug-likeness (QED) is 0.536. The molecule has 0 atom stereocenters. The lowest BCUT2D eigenvalue weighted by molar-refractivity contribution is 0.0844. The monoisotopic (exact) mass is 422 g/mol. The van der Waals surface area contributed by atoms with Gasteiger partial charge in [-0.2, -0.15) is 0 Å². The van der Waals surface area contributed by atoms with E-state index in [-0.39, 0.29) is 23.6 Å². The summed E-state index contributed by atoms with van der Waals surface area (Å²) in [5.74, 6) is -1.35. The molecule has 0 aliphatic heterocycles. The summed E-state index contributed by atoms with van der Waals surface area (Å²) < 4.78 is 0.324. The van der Waals surface area contributed by atoms with Crippen LogP contribution >= 0.6 is 15.9 Å². The molecule has 0 radical (unpaired) electrons. The number of hydrogen-bond donors (Lipinski definition) is 4. The average Bonchev–Trinajstić information content (AvgIpc) is 2.61. The number of hydrogen-bond acceptors (Lipinski definition) is 6. The molecule has 1 aromatic heterocycles. The maximum Gasteiger partial charge on any atom is 0.407 e. The highest BCUT2D eigenvalue weighted by molar-refractivity contribution is 9.10. The lowest BCUT2D eigenvalue weighted by atomic mass is 10.1. The van der Waals surface area contributed by atoms with Crippen LogP contribution < -0.4 is 16.6 Å². The molecule has 1 heterocycles. The van der Waals surface area contributed by atoms with Crippen LogP contribution in [0.5, 0.6) is 0 Å². The molecule has 0 fully saturated rings. The van der Waals surface area contributed by atoms with Crippen LogP contribution in [0.2, 0.25) is 0 Å². The van der Waals surface area contributed by atoms with Gasteiger partial charge in [0.25, 0.3) is 11.8 Å². The minimum absolute atomic E-state index is 0.0770. The van der Waals surface area contributed by atoms with E-state index in [0.29, 0.717) is 10.2 Å². The van der Waals surface area contributed by atoms with Gasteiger partial charge in [-0.15, -0.1) is 0 Å². The van der Waals surface area contributed by atoms with Crippen LogP contribution in [0.4, 0.5) is 10.6 Å². The number of aromatic nitrogens is 2. The first-order valence-corrected chi connectivity index (χ1v) is 7.99. The van der Waals surface area contributed by atoms with Crippen LogP contribution in [0.1, 0.15) is 26.4 Å². The Hall–Kier alpha value is -3.21. The number of nitrogens with one attached hydrogen (secondary N) is 2. The van der Waals surface area contributed by atoms with Crippen LogP contribution in [0.15, 0.2) is 35.1 Å². The zero-order chi connectivity index (χ0) is 19.3. The van der Waals surface area contributed by atoms with E-state index >= 15 is 0 Å². The summed E-state index contributed by atoms with van der Waals surface area (Å²) in [7, 11) is 1.44. The van der Waals surface area contributed by atoms with Crippen molar-refractivity contribution in [1.29, 1.82) is 0 Å². The number of benzene rings is 1. The molecule has 0 aliphatic rings. The Morgan fingerprint density at radius 3 is 2.42 bits per heavy atom. The second-order valence-electron chi connectivity index (χ2n) is 5.17. The molecule has 3 amide bonds. The van der Waals surface area contributed by atoms with Crippen LogP contribution in [0, 0.1) is 0 Å². The van der Waals surface area contributed by atoms with Gasteiger partial charge < -0.3 is 15.7 Å². The van der Waals surface area contributed by atoms with Crippen molar-refractivity contribution >= 4 is 39.7 Å². The SMILES string of the molecule is CN(Cc1ccc(C(=O)NNC(=O)c2nc(Br)cnc2N)cc1)C(=O)O. The molecule has 2 rings (SSSR count). The Bertz CT molecular complexity index is 843. The third-order valence-corrected chi connectivity index (χ3v) is 3.62. The van der Waals surface area contributed by atoms with Gasteiger partial charge in [0, 0.05) is 19.2 Å². The number of anilines is 1. The van der Waals surface area contributed by atoms with E-state index < -0.39 is 17.9 Å². The van der Waals surface area contributed by atoms with E-state index in [2.05, 4.69) is 36.7 Å². The van der Waals surface area contributed by atoms with Crippen molar-refractivity contribution in [3.05, 3.63) is 51.9 Å². The average molecular weight is 423 g/mol. The maximum absolute atomic E-state index is 12.1. The summed E-state index contributed by atoms with van der Waals surface area (Å²) in [6.45, 7) is 0.189. The molecule has 2 aromatic rings. The van der Waals surface area contributed by atoms with E-state index in [4.69, 9.17) is 10.8 Å². The summed E-state index contributed by atoms with van der Waals surface area (Å²) in [5, 5.41) is 8.84. The van der Waals surface area contributed by atoms with Crippen LogP contribution in [0.3, 0.4) is 0 Å². The van der Waals surface area contributed by atoms with Crippen molar-refractivity contribution in [3.8, 4) is 0 Å².